The molecule has 1 N–H and O–H groups in total. The molecular weight excluding hydrogens is 444 g/mol. The molecule has 11 heteroatoms. The molecule has 2 aromatic carbocycles. The van der Waals surface area contributed by atoms with E-state index < -0.39 is 0 Å². The maximum Gasteiger partial charge on any atom is 0.265 e. The van der Waals surface area contributed by atoms with Crippen molar-refractivity contribution in [2.24, 2.45) is 0 Å². The Labute approximate surface area is 194 Å². The largest absolute Gasteiger partial charge is 0.507 e. The molecule has 0 fully saturated rings. The van der Waals surface area contributed by atoms with Crippen molar-refractivity contribution in [3.8, 4) is 28.7 Å². The van der Waals surface area contributed by atoms with Crippen molar-refractivity contribution in [1.29, 1.82) is 0 Å². The number of rotatable bonds is 7. The SMILES string of the molecule is COc1cc(O)c(C(C)=O)cc1-n1cc(CN2C(=O)COc3c(C(C)=O)ccc(OC)c32)nn1. The van der Waals surface area contributed by atoms with Gasteiger partial charge in [-0.1, -0.05) is 5.21 Å². The van der Waals surface area contributed by atoms with Gasteiger partial charge in [0.2, 0.25) is 0 Å². The normalized spacial score (nSPS) is 12.7. The summed E-state index contributed by atoms with van der Waals surface area (Å²) in [6.07, 6.45) is 1.57. The highest BCUT2D eigenvalue weighted by Gasteiger charge is 2.32. The monoisotopic (exact) mass is 466 g/mol. The molecule has 0 atom stereocenters. The molecule has 4 rings (SSSR count). The fraction of sp³-hybridized carbons (Fsp3) is 0.261. The van der Waals surface area contributed by atoms with E-state index in [1.54, 1.807) is 18.3 Å². The minimum Gasteiger partial charge on any atom is -0.507 e. The van der Waals surface area contributed by atoms with Gasteiger partial charge in [0, 0.05) is 6.07 Å². The second kappa shape index (κ2) is 8.85. The first-order chi connectivity index (χ1) is 16.2. The summed E-state index contributed by atoms with van der Waals surface area (Å²) in [5.41, 5.74) is 1.57. The average molecular weight is 466 g/mol. The number of phenols is 1. The first kappa shape index (κ1) is 22.8. The molecule has 1 aliphatic heterocycles. The molecule has 11 nitrogen and oxygen atoms in total. The Morgan fingerprint density at radius 2 is 1.79 bits per heavy atom. The zero-order valence-electron chi connectivity index (χ0n) is 19.0. The number of anilines is 1. The van der Waals surface area contributed by atoms with Crippen LogP contribution in [0.15, 0.2) is 30.5 Å². The Kier molecular flexibility index (Phi) is 5.93. The van der Waals surface area contributed by atoms with Gasteiger partial charge in [0.05, 0.1) is 38.1 Å². The summed E-state index contributed by atoms with van der Waals surface area (Å²) in [5.74, 6) is -0.179. The highest BCUT2D eigenvalue weighted by Crippen LogP contribution is 2.43. The van der Waals surface area contributed by atoms with Crippen molar-refractivity contribution in [3.63, 3.8) is 0 Å². The second-order valence-corrected chi connectivity index (χ2v) is 7.57. The van der Waals surface area contributed by atoms with E-state index in [1.807, 2.05) is 0 Å². The molecule has 34 heavy (non-hydrogen) atoms. The van der Waals surface area contributed by atoms with Crippen LogP contribution in [0.1, 0.15) is 40.3 Å². The fourth-order valence-corrected chi connectivity index (χ4v) is 3.73. The summed E-state index contributed by atoms with van der Waals surface area (Å²) in [7, 11) is 2.88. The van der Waals surface area contributed by atoms with Crippen molar-refractivity contribution in [3.05, 3.63) is 47.3 Å². The number of carbonyl (C=O) groups is 3. The Morgan fingerprint density at radius 1 is 1.09 bits per heavy atom. The number of nitrogens with zero attached hydrogens (tertiary/aromatic N) is 4. The molecule has 0 saturated carbocycles. The van der Waals surface area contributed by atoms with Crippen molar-refractivity contribution in [2.45, 2.75) is 20.4 Å². The number of carbonyl (C=O) groups excluding carboxylic acids is 3. The Balaban J connectivity index is 1.74. The van der Waals surface area contributed by atoms with E-state index in [-0.39, 0.29) is 53.4 Å². The van der Waals surface area contributed by atoms with Gasteiger partial charge < -0.3 is 19.3 Å². The summed E-state index contributed by atoms with van der Waals surface area (Å²) in [4.78, 5) is 38.1. The van der Waals surface area contributed by atoms with Crippen LogP contribution in [0.2, 0.25) is 0 Å². The maximum atomic E-state index is 12.8. The van der Waals surface area contributed by atoms with E-state index in [2.05, 4.69) is 10.3 Å². The van der Waals surface area contributed by atoms with Crippen LogP contribution in [0.4, 0.5) is 5.69 Å². The van der Waals surface area contributed by atoms with E-state index in [0.29, 0.717) is 28.4 Å². The lowest BCUT2D eigenvalue weighted by molar-refractivity contribution is -0.121. The van der Waals surface area contributed by atoms with Crippen LogP contribution < -0.4 is 19.1 Å². The highest BCUT2D eigenvalue weighted by atomic mass is 16.5. The Morgan fingerprint density at radius 3 is 2.44 bits per heavy atom. The molecule has 0 aliphatic carbocycles. The van der Waals surface area contributed by atoms with Crippen LogP contribution in [-0.4, -0.2) is 58.4 Å². The minimum absolute atomic E-state index is 0.0207. The number of amides is 1. The number of methoxy groups -OCH3 is 2. The van der Waals surface area contributed by atoms with E-state index in [1.165, 1.54) is 49.8 Å². The van der Waals surface area contributed by atoms with Gasteiger partial charge in [-0.15, -0.1) is 5.10 Å². The first-order valence-electron chi connectivity index (χ1n) is 10.2. The molecular formula is C23H22N4O7. The third-order valence-corrected chi connectivity index (χ3v) is 5.39. The first-order valence-corrected chi connectivity index (χ1v) is 10.2. The molecule has 0 spiro atoms. The van der Waals surface area contributed by atoms with Gasteiger partial charge in [-0.3, -0.25) is 19.3 Å². The van der Waals surface area contributed by atoms with Crippen molar-refractivity contribution >= 4 is 23.2 Å². The number of phenolic OH excluding ortho intramolecular Hbond substituents is 1. The molecule has 0 radical (unpaired) electrons. The van der Waals surface area contributed by atoms with E-state index in [4.69, 9.17) is 14.2 Å². The lowest BCUT2D eigenvalue weighted by Crippen LogP contribution is -2.39. The van der Waals surface area contributed by atoms with Crippen LogP contribution in [0.25, 0.3) is 5.69 Å². The number of fused-ring (bicyclic) bond motifs is 1. The molecule has 1 aromatic heterocycles. The summed E-state index contributed by atoms with van der Waals surface area (Å²) >= 11 is 0. The van der Waals surface area contributed by atoms with Gasteiger partial charge in [0.25, 0.3) is 5.91 Å². The van der Waals surface area contributed by atoms with Gasteiger partial charge in [-0.25, -0.2) is 4.68 Å². The molecule has 2 heterocycles. The number of Topliss-reactive ketones (excluding diaryl/α,β-unsaturated/α-hetero) is 2. The highest BCUT2D eigenvalue weighted by molar-refractivity contribution is 6.05. The zero-order valence-corrected chi connectivity index (χ0v) is 19.0. The third kappa shape index (κ3) is 3.91. The van der Waals surface area contributed by atoms with Crippen LogP contribution in [0.3, 0.4) is 0 Å². The fourth-order valence-electron chi connectivity index (χ4n) is 3.73. The molecule has 176 valence electrons. The number of aromatic hydroxyl groups is 1. The van der Waals surface area contributed by atoms with Gasteiger partial charge in [0.1, 0.15) is 34.3 Å². The molecule has 0 bridgehead atoms. The molecule has 0 saturated heterocycles. The number of ketones is 2. The van der Waals surface area contributed by atoms with Crippen molar-refractivity contribution in [1.82, 2.24) is 15.0 Å². The predicted molar refractivity (Wildman–Crippen MR) is 119 cm³/mol. The third-order valence-electron chi connectivity index (χ3n) is 5.39. The number of aromatic nitrogens is 3. The summed E-state index contributed by atoms with van der Waals surface area (Å²) < 4.78 is 17.7. The lowest BCUT2D eigenvalue weighted by Gasteiger charge is -2.31. The van der Waals surface area contributed by atoms with Gasteiger partial charge in [-0.05, 0) is 32.0 Å². The number of hydrogen-bond acceptors (Lipinski definition) is 9. The average Bonchev–Trinajstić information content (AvgIpc) is 3.27. The van der Waals surface area contributed by atoms with Crippen molar-refractivity contribution in [2.75, 3.05) is 25.7 Å². The molecule has 1 amide bonds. The summed E-state index contributed by atoms with van der Waals surface area (Å²) in [6, 6.07) is 5.97. The number of ether oxygens (including phenoxy) is 3. The standard InChI is InChI=1S/C23H22N4O7/c1-12(28)15-5-6-19(32-3)22-23(15)34-11-21(31)26(22)9-14-10-27(25-24-14)17-7-16(13(2)29)18(30)8-20(17)33-4/h5-8,10,30H,9,11H2,1-4H3. The number of hydrogen-bond donors (Lipinski definition) is 1. The second-order valence-electron chi connectivity index (χ2n) is 7.57. The quantitative estimate of drug-likeness (QED) is 0.521. The van der Waals surface area contributed by atoms with Crippen molar-refractivity contribution < 1.29 is 33.7 Å². The van der Waals surface area contributed by atoms with Gasteiger partial charge in [-0.2, -0.15) is 0 Å². The molecule has 0 unspecified atom stereocenters. The Hall–Kier alpha value is -4.41. The van der Waals surface area contributed by atoms with Gasteiger partial charge >= 0.3 is 0 Å². The molecule has 1 aliphatic rings. The van der Waals surface area contributed by atoms with Crippen LogP contribution in [0, 0.1) is 0 Å². The van der Waals surface area contributed by atoms with E-state index in [0.717, 1.165) is 0 Å². The summed E-state index contributed by atoms with van der Waals surface area (Å²) in [6.45, 7) is 2.52. The maximum absolute atomic E-state index is 12.8. The minimum atomic E-state index is -0.345. The topological polar surface area (TPSA) is 133 Å². The molecule has 3 aromatic rings. The van der Waals surface area contributed by atoms with Gasteiger partial charge in [0.15, 0.2) is 23.9 Å². The Bertz CT molecular complexity index is 1310. The van der Waals surface area contributed by atoms with Crippen LogP contribution in [0.5, 0.6) is 23.0 Å². The smallest absolute Gasteiger partial charge is 0.265 e. The summed E-state index contributed by atoms with van der Waals surface area (Å²) in [5, 5.41) is 18.3. The number of benzene rings is 2. The van der Waals surface area contributed by atoms with Crippen LogP contribution >= 0.6 is 0 Å². The lowest BCUT2D eigenvalue weighted by atomic mass is 10.1. The van der Waals surface area contributed by atoms with E-state index >= 15 is 0 Å². The predicted octanol–water partition coefficient (Wildman–Crippen LogP) is 2.32. The van der Waals surface area contributed by atoms with Crippen LogP contribution in [-0.2, 0) is 11.3 Å². The zero-order chi connectivity index (χ0) is 24.6. The van der Waals surface area contributed by atoms with E-state index in [9.17, 15) is 19.5 Å².